The SMILES string of the molecule is CCCOc1ccc(C(=O)C2(CC)CCNC2)cc1. The number of hydrogen-bond acceptors (Lipinski definition) is 3. The zero-order valence-electron chi connectivity index (χ0n) is 11.9. The first-order valence-corrected chi connectivity index (χ1v) is 7.20. The number of ether oxygens (including phenoxy) is 1. The van der Waals surface area contributed by atoms with Gasteiger partial charge in [-0.25, -0.2) is 0 Å². The van der Waals surface area contributed by atoms with Crippen LogP contribution in [0.2, 0.25) is 0 Å². The molecule has 19 heavy (non-hydrogen) atoms. The van der Waals surface area contributed by atoms with Crippen LogP contribution in [0.1, 0.15) is 43.5 Å². The fourth-order valence-corrected chi connectivity index (χ4v) is 2.63. The standard InChI is InChI=1S/C16H23NO2/c1-3-11-19-14-7-5-13(6-8-14)15(18)16(4-2)9-10-17-12-16/h5-8,17H,3-4,9-12H2,1-2H3. The number of nitrogens with one attached hydrogen (secondary N) is 1. The monoisotopic (exact) mass is 261 g/mol. The zero-order chi connectivity index (χ0) is 13.7. The third-order valence-corrected chi connectivity index (χ3v) is 3.99. The van der Waals surface area contributed by atoms with Crippen LogP contribution in [-0.4, -0.2) is 25.5 Å². The summed E-state index contributed by atoms with van der Waals surface area (Å²) in [4.78, 5) is 12.6. The Kier molecular flexibility index (Phi) is 4.59. The van der Waals surface area contributed by atoms with Crippen molar-refractivity contribution in [2.45, 2.75) is 33.1 Å². The maximum absolute atomic E-state index is 12.6. The van der Waals surface area contributed by atoms with Crippen molar-refractivity contribution in [1.82, 2.24) is 5.32 Å². The molecule has 0 radical (unpaired) electrons. The van der Waals surface area contributed by atoms with E-state index in [0.29, 0.717) is 0 Å². The predicted octanol–water partition coefficient (Wildman–Crippen LogP) is 3.05. The number of ketones is 1. The normalized spacial score (nSPS) is 22.4. The maximum Gasteiger partial charge on any atom is 0.170 e. The molecule has 1 aromatic rings. The molecule has 0 saturated carbocycles. The van der Waals surface area contributed by atoms with E-state index < -0.39 is 0 Å². The van der Waals surface area contributed by atoms with Crippen LogP contribution in [0, 0.1) is 5.41 Å². The zero-order valence-corrected chi connectivity index (χ0v) is 11.9. The molecule has 1 atom stereocenters. The summed E-state index contributed by atoms with van der Waals surface area (Å²) in [5.74, 6) is 1.11. The van der Waals surface area contributed by atoms with Crippen LogP contribution in [-0.2, 0) is 0 Å². The van der Waals surface area contributed by atoms with Gasteiger partial charge in [-0.3, -0.25) is 4.79 Å². The van der Waals surface area contributed by atoms with Crippen molar-refractivity contribution in [3.63, 3.8) is 0 Å². The smallest absolute Gasteiger partial charge is 0.170 e. The molecule has 0 amide bonds. The van der Waals surface area contributed by atoms with Crippen molar-refractivity contribution in [2.24, 2.45) is 5.41 Å². The van der Waals surface area contributed by atoms with E-state index in [0.717, 1.165) is 50.3 Å². The maximum atomic E-state index is 12.6. The molecule has 0 aromatic heterocycles. The van der Waals surface area contributed by atoms with Crippen LogP contribution in [0.25, 0.3) is 0 Å². The Bertz CT molecular complexity index is 419. The van der Waals surface area contributed by atoms with Crippen LogP contribution in [0.3, 0.4) is 0 Å². The lowest BCUT2D eigenvalue weighted by Gasteiger charge is -2.24. The minimum Gasteiger partial charge on any atom is -0.494 e. The Hall–Kier alpha value is -1.35. The van der Waals surface area contributed by atoms with Gasteiger partial charge >= 0.3 is 0 Å². The molecule has 0 aliphatic carbocycles. The van der Waals surface area contributed by atoms with Crippen molar-refractivity contribution in [2.75, 3.05) is 19.7 Å². The second-order valence-corrected chi connectivity index (χ2v) is 5.26. The van der Waals surface area contributed by atoms with Crippen LogP contribution in [0.15, 0.2) is 24.3 Å². The summed E-state index contributed by atoms with van der Waals surface area (Å²) in [5.41, 5.74) is 0.598. The van der Waals surface area contributed by atoms with Crippen molar-refractivity contribution in [1.29, 1.82) is 0 Å². The number of Topliss-reactive ketones (excluding diaryl/α,β-unsaturated/α-hetero) is 1. The summed E-state index contributed by atoms with van der Waals surface area (Å²) in [7, 11) is 0. The van der Waals surface area contributed by atoms with Crippen molar-refractivity contribution in [3.05, 3.63) is 29.8 Å². The number of carbonyl (C=O) groups is 1. The van der Waals surface area contributed by atoms with Crippen LogP contribution in [0.5, 0.6) is 5.75 Å². The highest BCUT2D eigenvalue weighted by molar-refractivity contribution is 6.01. The average Bonchev–Trinajstić information content (AvgIpc) is 2.95. The summed E-state index contributed by atoms with van der Waals surface area (Å²) >= 11 is 0. The Morgan fingerprint density at radius 3 is 2.58 bits per heavy atom. The highest BCUT2D eigenvalue weighted by Crippen LogP contribution is 2.33. The molecular formula is C16H23NO2. The number of rotatable bonds is 6. The average molecular weight is 261 g/mol. The first-order valence-electron chi connectivity index (χ1n) is 7.20. The highest BCUT2D eigenvalue weighted by atomic mass is 16.5. The summed E-state index contributed by atoms with van der Waals surface area (Å²) in [6.07, 6.45) is 2.83. The van der Waals surface area contributed by atoms with E-state index in [2.05, 4.69) is 19.2 Å². The lowest BCUT2D eigenvalue weighted by Crippen LogP contribution is -2.32. The van der Waals surface area contributed by atoms with Gasteiger partial charge in [0.1, 0.15) is 5.75 Å². The molecule has 1 aliphatic rings. The van der Waals surface area contributed by atoms with Gasteiger partial charge in [-0.2, -0.15) is 0 Å². The van der Waals surface area contributed by atoms with Crippen LogP contribution < -0.4 is 10.1 Å². The molecule has 1 fully saturated rings. The molecule has 0 bridgehead atoms. The Morgan fingerprint density at radius 2 is 2.05 bits per heavy atom. The molecule has 1 unspecified atom stereocenters. The minimum atomic E-state index is -0.203. The molecule has 1 saturated heterocycles. The van der Waals surface area contributed by atoms with Gasteiger partial charge in [0, 0.05) is 17.5 Å². The molecule has 3 nitrogen and oxygen atoms in total. The van der Waals surface area contributed by atoms with E-state index in [4.69, 9.17) is 4.74 Å². The van der Waals surface area contributed by atoms with Gasteiger partial charge in [0.05, 0.1) is 6.61 Å². The second kappa shape index (κ2) is 6.20. The fourth-order valence-electron chi connectivity index (χ4n) is 2.63. The largest absolute Gasteiger partial charge is 0.494 e. The number of benzene rings is 1. The molecule has 1 aliphatic heterocycles. The Morgan fingerprint density at radius 1 is 1.32 bits per heavy atom. The first-order chi connectivity index (χ1) is 9.22. The molecule has 0 spiro atoms. The van der Waals surface area contributed by atoms with Gasteiger partial charge in [0.15, 0.2) is 5.78 Å². The summed E-state index contributed by atoms with van der Waals surface area (Å²) in [6.45, 7) is 6.64. The quantitative estimate of drug-likeness (QED) is 0.800. The third kappa shape index (κ3) is 2.98. The highest BCUT2D eigenvalue weighted by Gasteiger charge is 2.39. The van der Waals surface area contributed by atoms with Gasteiger partial charge in [0.2, 0.25) is 0 Å². The van der Waals surface area contributed by atoms with Crippen LogP contribution >= 0.6 is 0 Å². The van der Waals surface area contributed by atoms with E-state index >= 15 is 0 Å². The molecule has 104 valence electrons. The van der Waals surface area contributed by atoms with Gasteiger partial charge in [-0.1, -0.05) is 13.8 Å². The lowest BCUT2D eigenvalue weighted by atomic mass is 9.77. The Labute approximate surface area is 115 Å². The van der Waals surface area contributed by atoms with E-state index in [1.165, 1.54) is 0 Å². The van der Waals surface area contributed by atoms with Gasteiger partial charge in [-0.05, 0) is 50.1 Å². The van der Waals surface area contributed by atoms with Gasteiger partial charge < -0.3 is 10.1 Å². The van der Waals surface area contributed by atoms with E-state index in [1.54, 1.807) is 0 Å². The molecule has 1 aromatic carbocycles. The van der Waals surface area contributed by atoms with E-state index in [1.807, 2.05) is 24.3 Å². The van der Waals surface area contributed by atoms with Gasteiger partial charge in [-0.15, -0.1) is 0 Å². The third-order valence-electron chi connectivity index (χ3n) is 3.99. The van der Waals surface area contributed by atoms with Crippen molar-refractivity contribution in [3.8, 4) is 5.75 Å². The molecular weight excluding hydrogens is 238 g/mol. The topological polar surface area (TPSA) is 38.3 Å². The Balaban J connectivity index is 2.10. The minimum absolute atomic E-state index is 0.203. The van der Waals surface area contributed by atoms with Crippen molar-refractivity contribution < 1.29 is 9.53 Å². The summed E-state index contributed by atoms with van der Waals surface area (Å²) in [6, 6.07) is 7.58. The molecule has 1 N–H and O–H groups in total. The number of carbonyl (C=O) groups excluding carboxylic acids is 1. The lowest BCUT2D eigenvalue weighted by molar-refractivity contribution is 0.0810. The molecule has 3 heteroatoms. The predicted molar refractivity (Wildman–Crippen MR) is 76.8 cm³/mol. The fraction of sp³-hybridized carbons (Fsp3) is 0.562. The van der Waals surface area contributed by atoms with E-state index in [-0.39, 0.29) is 11.2 Å². The van der Waals surface area contributed by atoms with Gasteiger partial charge in [0.25, 0.3) is 0 Å². The summed E-state index contributed by atoms with van der Waals surface area (Å²) < 4.78 is 5.54. The molecule has 1 heterocycles. The van der Waals surface area contributed by atoms with Crippen molar-refractivity contribution >= 4 is 5.78 Å². The number of hydrogen-bond donors (Lipinski definition) is 1. The first kappa shape index (κ1) is 14.1. The van der Waals surface area contributed by atoms with Crippen LogP contribution in [0.4, 0.5) is 0 Å². The molecule has 2 rings (SSSR count). The van der Waals surface area contributed by atoms with E-state index in [9.17, 15) is 4.79 Å². The summed E-state index contributed by atoms with van der Waals surface area (Å²) in [5, 5.41) is 3.31. The second-order valence-electron chi connectivity index (χ2n) is 5.26.